The number of hydrogen-bond donors (Lipinski definition) is 2. The van der Waals surface area contributed by atoms with Gasteiger partial charge in [0.15, 0.2) is 5.96 Å². The number of benzene rings is 1. The van der Waals surface area contributed by atoms with Gasteiger partial charge in [0.25, 0.3) is 0 Å². The van der Waals surface area contributed by atoms with Gasteiger partial charge < -0.3 is 15.7 Å². The summed E-state index contributed by atoms with van der Waals surface area (Å²) in [7, 11) is 1.96. The highest BCUT2D eigenvalue weighted by atomic mass is 127. The van der Waals surface area contributed by atoms with E-state index in [1.54, 1.807) is 0 Å². The second-order valence-corrected chi connectivity index (χ2v) is 4.88. The van der Waals surface area contributed by atoms with E-state index in [0.29, 0.717) is 25.0 Å². The minimum Gasteiger partial charge on any atom is -0.391 e. The maximum Gasteiger partial charge on any atom is 0.191 e. The number of aliphatic imine (C=N–C) groups is 1. The van der Waals surface area contributed by atoms with E-state index in [1.165, 1.54) is 12.8 Å². The van der Waals surface area contributed by atoms with Crippen molar-refractivity contribution in [1.82, 2.24) is 4.90 Å². The number of nitrogens with zero attached hydrogens (tertiary/aromatic N) is 2. The standard InChI is InChI=1S/C14H21N3O.HI/c1-17(12-7-8-12)14(15)16-10-13(18)9-11-5-3-2-4-6-11;/h2-6,12-13,18H,7-10H2,1H3,(H2,15,16);1H. The van der Waals surface area contributed by atoms with Crippen LogP contribution in [0, 0.1) is 0 Å². The molecule has 0 saturated heterocycles. The fourth-order valence-corrected chi connectivity index (χ4v) is 1.91. The molecule has 0 aromatic heterocycles. The average molecular weight is 375 g/mol. The Morgan fingerprint density at radius 2 is 2.05 bits per heavy atom. The molecule has 1 fully saturated rings. The van der Waals surface area contributed by atoms with Gasteiger partial charge >= 0.3 is 0 Å². The normalized spacial score (nSPS) is 16.6. The smallest absolute Gasteiger partial charge is 0.191 e. The summed E-state index contributed by atoms with van der Waals surface area (Å²) in [5.74, 6) is 0.532. The second kappa shape index (κ2) is 7.69. The number of guanidine groups is 1. The zero-order chi connectivity index (χ0) is 13.0. The van der Waals surface area contributed by atoms with Gasteiger partial charge in [-0.1, -0.05) is 30.3 Å². The van der Waals surface area contributed by atoms with Gasteiger partial charge in [0.2, 0.25) is 0 Å². The van der Waals surface area contributed by atoms with Crippen molar-refractivity contribution in [2.45, 2.75) is 31.4 Å². The van der Waals surface area contributed by atoms with E-state index in [1.807, 2.05) is 42.3 Å². The van der Waals surface area contributed by atoms with Crippen LogP contribution in [0.25, 0.3) is 0 Å². The Labute approximate surface area is 131 Å². The molecule has 1 aliphatic rings. The molecule has 4 nitrogen and oxygen atoms in total. The summed E-state index contributed by atoms with van der Waals surface area (Å²) in [5, 5.41) is 9.91. The summed E-state index contributed by atoms with van der Waals surface area (Å²) in [6.07, 6.45) is 2.53. The average Bonchev–Trinajstić information content (AvgIpc) is 3.20. The molecule has 106 valence electrons. The Morgan fingerprint density at radius 3 is 2.63 bits per heavy atom. The van der Waals surface area contributed by atoms with Crippen LogP contribution in [0.4, 0.5) is 0 Å². The summed E-state index contributed by atoms with van der Waals surface area (Å²) in [6, 6.07) is 10.5. The Kier molecular flexibility index (Phi) is 6.57. The van der Waals surface area contributed by atoms with Gasteiger partial charge in [0.05, 0.1) is 12.6 Å². The van der Waals surface area contributed by atoms with E-state index in [2.05, 4.69) is 4.99 Å². The van der Waals surface area contributed by atoms with Crippen LogP contribution in [0.1, 0.15) is 18.4 Å². The van der Waals surface area contributed by atoms with Crippen molar-refractivity contribution in [1.29, 1.82) is 0 Å². The van der Waals surface area contributed by atoms with E-state index in [-0.39, 0.29) is 24.0 Å². The summed E-state index contributed by atoms with van der Waals surface area (Å²) >= 11 is 0. The number of hydrogen-bond acceptors (Lipinski definition) is 2. The molecule has 1 atom stereocenters. The first-order valence-corrected chi connectivity index (χ1v) is 6.41. The molecule has 0 heterocycles. The number of aliphatic hydroxyl groups is 1. The topological polar surface area (TPSA) is 61.8 Å². The quantitative estimate of drug-likeness (QED) is 0.467. The van der Waals surface area contributed by atoms with Gasteiger partial charge in [-0.25, -0.2) is 0 Å². The molecule has 1 saturated carbocycles. The summed E-state index contributed by atoms with van der Waals surface area (Å²) < 4.78 is 0. The van der Waals surface area contributed by atoms with Crippen LogP contribution in [0.3, 0.4) is 0 Å². The van der Waals surface area contributed by atoms with E-state index in [4.69, 9.17) is 5.73 Å². The third kappa shape index (κ3) is 5.36. The van der Waals surface area contributed by atoms with E-state index < -0.39 is 6.10 Å². The van der Waals surface area contributed by atoms with E-state index >= 15 is 0 Å². The molecule has 1 aliphatic carbocycles. The summed E-state index contributed by atoms with van der Waals surface area (Å²) in [6.45, 7) is 0.359. The molecular weight excluding hydrogens is 353 g/mol. The zero-order valence-corrected chi connectivity index (χ0v) is 13.5. The largest absolute Gasteiger partial charge is 0.391 e. The van der Waals surface area contributed by atoms with Gasteiger partial charge in [-0.15, -0.1) is 24.0 Å². The number of halogens is 1. The molecule has 2 rings (SSSR count). The van der Waals surface area contributed by atoms with Crippen molar-refractivity contribution in [2.75, 3.05) is 13.6 Å². The van der Waals surface area contributed by atoms with Crippen LogP contribution in [0.5, 0.6) is 0 Å². The van der Waals surface area contributed by atoms with Crippen LogP contribution >= 0.6 is 24.0 Å². The molecule has 5 heteroatoms. The molecule has 3 N–H and O–H groups in total. The van der Waals surface area contributed by atoms with Crippen LogP contribution in [0.2, 0.25) is 0 Å². The number of aliphatic hydroxyl groups excluding tert-OH is 1. The monoisotopic (exact) mass is 375 g/mol. The molecule has 0 bridgehead atoms. The van der Waals surface area contributed by atoms with Gasteiger partial charge in [-0.3, -0.25) is 4.99 Å². The Bertz CT molecular complexity index is 406. The maximum atomic E-state index is 9.91. The predicted octanol–water partition coefficient (Wildman–Crippen LogP) is 1.62. The molecule has 0 amide bonds. The lowest BCUT2D eigenvalue weighted by Crippen LogP contribution is -2.36. The lowest BCUT2D eigenvalue weighted by atomic mass is 10.1. The lowest BCUT2D eigenvalue weighted by molar-refractivity contribution is 0.183. The summed E-state index contributed by atoms with van der Waals surface area (Å²) in [5.41, 5.74) is 6.98. The molecule has 1 aromatic carbocycles. The van der Waals surface area contributed by atoms with Gasteiger partial charge in [0, 0.05) is 19.5 Å². The molecule has 1 unspecified atom stereocenters. The number of nitrogens with two attached hydrogens (primary N) is 1. The van der Waals surface area contributed by atoms with E-state index in [9.17, 15) is 5.11 Å². The van der Waals surface area contributed by atoms with Crippen LogP contribution in [0.15, 0.2) is 35.3 Å². The van der Waals surface area contributed by atoms with Crippen LogP contribution in [-0.4, -0.2) is 41.7 Å². The Morgan fingerprint density at radius 1 is 1.42 bits per heavy atom. The lowest BCUT2D eigenvalue weighted by Gasteiger charge is -2.17. The first-order chi connectivity index (χ1) is 8.66. The third-order valence-electron chi connectivity index (χ3n) is 3.23. The van der Waals surface area contributed by atoms with Crippen molar-refractivity contribution in [3.63, 3.8) is 0 Å². The molecule has 19 heavy (non-hydrogen) atoms. The molecular formula is C14H22IN3O. The first-order valence-electron chi connectivity index (χ1n) is 6.41. The van der Waals surface area contributed by atoms with Crippen LogP contribution < -0.4 is 5.73 Å². The first kappa shape index (κ1) is 16.2. The van der Waals surface area contributed by atoms with Gasteiger partial charge in [0.1, 0.15) is 0 Å². The van der Waals surface area contributed by atoms with Crippen molar-refractivity contribution >= 4 is 29.9 Å². The van der Waals surface area contributed by atoms with E-state index in [0.717, 1.165) is 5.56 Å². The van der Waals surface area contributed by atoms with Crippen molar-refractivity contribution < 1.29 is 5.11 Å². The third-order valence-corrected chi connectivity index (χ3v) is 3.23. The Hall–Kier alpha value is -0.820. The second-order valence-electron chi connectivity index (χ2n) is 4.88. The van der Waals surface area contributed by atoms with Gasteiger partial charge in [-0.05, 0) is 18.4 Å². The SMILES string of the molecule is CN(C(N)=NCC(O)Cc1ccccc1)C1CC1.I. The van der Waals surface area contributed by atoms with Crippen molar-refractivity contribution in [2.24, 2.45) is 10.7 Å². The minimum absolute atomic E-state index is 0. The minimum atomic E-state index is -0.474. The number of rotatable bonds is 5. The predicted molar refractivity (Wildman–Crippen MR) is 88.8 cm³/mol. The molecule has 0 spiro atoms. The highest BCUT2D eigenvalue weighted by Crippen LogP contribution is 2.24. The van der Waals surface area contributed by atoms with Crippen molar-refractivity contribution in [3.05, 3.63) is 35.9 Å². The molecule has 0 aliphatic heterocycles. The zero-order valence-electron chi connectivity index (χ0n) is 11.2. The highest BCUT2D eigenvalue weighted by Gasteiger charge is 2.27. The maximum absolute atomic E-state index is 9.91. The van der Waals surface area contributed by atoms with Crippen LogP contribution in [-0.2, 0) is 6.42 Å². The molecule has 1 aromatic rings. The highest BCUT2D eigenvalue weighted by molar-refractivity contribution is 14.0. The van der Waals surface area contributed by atoms with Gasteiger partial charge in [-0.2, -0.15) is 0 Å². The fourth-order valence-electron chi connectivity index (χ4n) is 1.91. The van der Waals surface area contributed by atoms with Crippen molar-refractivity contribution in [3.8, 4) is 0 Å². The summed E-state index contributed by atoms with van der Waals surface area (Å²) in [4.78, 5) is 6.25. The molecule has 0 radical (unpaired) electrons. The fraction of sp³-hybridized carbons (Fsp3) is 0.500. The Balaban J connectivity index is 0.00000180.